The molecule has 0 bridgehead atoms. The smallest absolute Gasteiger partial charge is 0.255 e. The van der Waals surface area contributed by atoms with Crippen molar-refractivity contribution < 1.29 is 14.3 Å². The normalized spacial score (nSPS) is 10.5. The molecule has 9 nitrogen and oxygen atoms in total. The third-order valence-electron chi connectivity index (χ3n) is 4.38. The summed E-state index contributed by atoms with van der Waals surface area (Å²) in [7, 11) is 3.13. The van der Waals surface area contributed by atoms with E-state index in [0.717, 1.165) is 0 Å². The third kappa shape index (κ3) is 3.81. The Labute approximate surface area is 172 Å². The summed E-state index contributed by atoms with van der Waals surface area (Å²) >= 11 is 0. The summed E-state index contributed by atoms with van der Waals surface area (Å²) < 4.78 is 10.5. The van der Waals surface area contributed by atoms with E-state index < -0.39 is 0 Å². The fourth-order valence-corrected chi connectivity index (χ4v) is 2.84. The lowest BCUT2D eigenvalue weighted by atomic mass is 10.1. The van der Waals surface area contributed by atoms with E-state index in [-0.39, 0.29) is 5.91 Å². The first-order valence-corrected chi connectivity index (χ1v) is 9.03. The van der Waals surface area contributed by atoms with Gasteiger partial charge in [-0.3, -0.25) is 9.78 Å². The van der Waals surface area contributed by atoms with E-state index in [2.05, 4.69) is 25.7 Å². The number of carbonyl (C=O) groups excluding carboxylic acids is 1. The molecule has 0 unspecified atom stereocenters. The highest BCUT2D eigenvalue weighted by Crippen LogP contribution is 2.26. The number of pyridine rings is 1. The Hall–Kier alpha value is -4.27. The van der Waals surface area contributed by atoms with Gasteiger partial charge in [0.15, 0.2) is 0 Å². The number of rotatable bonds is 6. The van der Waals surface area contributed by atoms with Crippen molar-refractivity contribution in [2.75, 3.05) is 19.5 Å². The summed E-state index contributed by atoms with van der Waals surface area (Å²) in [4.78, 5) is 18.1. The lowest BCUT2D eigenvalue weighted by Gasteiger charge is -2.09. The van der Waals surface area contributed by atoms with E-state index in [1.54, 1.807) is 63.0 Å². The molecule has 0 aliphatic carbocycles. The van der Waals surface area contributed by atoms with Crippen LogP contribution in [0.5, 0.6) is 11.5 Å². The highest BCUT2D eigenvalue weighted by molar-refractivity contribution is 6.06. The van der Waals surface area contributed by atoms with Crippen molar-refractivity contribution in [3.05, 3.63) is 72.6 Å². The van der Waals surface area contributed by atoms with Crippen LogP contribution >= 0.6 is 0 Å². The zero-order valence-electron chi connectivity index (χ0n) is 16.3. The second-order valence-electron chi connectivity index (χ2n) is 6.18. The van der Waals surface area contributed by atoms with Gasteiger partial charge in [-0.15, -0.1) is 15.0 Å². The van der Waals surface area contributed by atoms with E-state index >= 15 is 0 Å². The van der Waals surface area contributed by atoms with E-state index in [9.17, 15) is 4.79 Å². The van der Waals surface area contributed by atoms with E-state index in [4.69, 9.17) is 9.47 Å². The van der Waals surface area contributed by atoms with Gasteiger partial charge in [0.05, 0.1) is 26.1 Å². The molecule has 150 valence electrons. The number of methoxy groups -OCH3 is 2. The predicted molar refractivity (Wildman–Crippen MR) is 110 cm³/mol. The molecule has 30 heavy (non-hydrogen) atoms. The molecule has 0 atom stereocenters. The van der Waals surface area contributed by atoms with Crippen LogP contribution in [0.25, 0.3) is 17.1 Å². The summed E-state index contributed by atoms with van der Waals surface area (Å²) in [6.07, 6.45) is 3.20. The molecule has 1 amide bonds. The van der Waals surface area contributed by atoms with Crippen LogP contribution in [0.3, 0.4) is 0 Å². The molecule has 0 radical (unpaired) electrons. The maximum Gasteiger partial charge on any atom is 0.255 e. The standard InChI is InChI=1S/C21H18N6O3/c1-29-15-9-7-14(8-10-15)21(28)23-17-6-4-3-5-16(17)20-24-26-27(25-20)18-13-22-12-11-19(18)30-2/h3-13H,1-2H3,(H,23,28). The van der Waals surface area contributed by atoms with Gasteiger partial charge < -0.3 is 14.8 Å². The fourth-order valence-electron chi connectivity index (χ4n) is 2.84. The highest BCUT2D eigenvalue weighted by Gasteiger charge is 2.16. The third-order valence-corrected chi connectivity index (χ3v) is 4.38. The zero-order valence-corrected chi connectivity index (χ0v) is 16.3. The average Bonchev–Trinajstić information content (AvgIpc) is 3.29. The number of amides is 1. The number of ether oxygens (including phenoxy) is 2. The second kappa shape index (κ2) is 8.39. The topological polar surface area (TPSA) is 104 Å². The summed E-state index contributed by atoms with van der Waals surface area (Å²) in [5.74, 6) is 1.34. The number of tetrazole rings is 1. The van der Waals surface area contributed by atoms with Gasteiger partial charge in [-0.25, -0.2) is 0 Å². The number of hydrogen-bond acceptors (Lipinski definition) is 7. The lowest BCUT2D eigenvalue weighted by Crippen LogP contribution is -2.12. The van der Waals surface area contributed by atoms with Crippen LogP contribution in [0, 0.1) is 0 Å². The molecule has 0 aliphatic heterocycles. The maximum atomic E-state index is 12.7. The van der Waals surface area contributed by atoms with Crippen LogP contribution < -0.4 is 14.8 Å². The highest BCUT2D eigenvalue weighted by atomic mass is 16.5. The monoisotopic (exact) mass is 402 g/mol. The van der Waals surface area contributed by atoms with Gasteiger partial charge in [-0.2, -0.15) is 0 Å². The van der Waals surface area contributed by atoms with Crippen molar-refractivity contribution in [2.24, 2.45) is 0 Å². The Morgan fingerprint density at radius 3 is 2.57 bits per heavy atom. The van der Waals surface area contributed by atoms with Gasteiger partial charge in [0, 0.05) is 23.4 Å². The number of aromatic nitrogens is 5. The second-order valence-corrected chi connectivity index (χ2v) is 6.18. The van der Waals surface area contributed by atoms with Crippen LogP contribution in [0.2, 0.25) is 0 Å². The number of nitrogens with one attached hydrogen (secondary N) is 1. The first-order chi connectivity index (χ1) is 14.7. The van der Waals surface area contributed by atoms with Crippen LogP contribution in [0.1, 0.15) is 10.4 Å². The Morgan fingerprint density at radius 2 is 1.80 bits per heavy atom. The first kappa shape index (κ1) is 19.1. The summed E-state index contributed by atoms with van der Waals surface area (Å²) in [5.41, 5.74) is 2.25. The average molecular weight is 402 g/mol. The minimum atomic E-state index is -0.258. The van der Waals surface area contributed by atoms with Crippen LogP contribution in [-0.2, 0) is 0 Å². The molecule has 0 saturated heterocycles. The molecule has 4 rings (SSSR count). The van der Waals surface area contributed by atoms with Crippen LogP contribution in [-0.4, -0.2) is 45.3 Å². The molecule has 0 aliphatic rings. The molecule has 1 N–H and O–H groups in total. The van der Waals surface area contributed by atoms with E-state index in [1.165, 1.54) is 4.80 Å². The molecule has 0 fully saturated rings. The van der Waals surface area contributed by atoms with Gasteiger partial charge in [-0.1, -0.05) is 12.1 Å². The molecule has 2 aromatic heterocycles. The van der Waals surface area contributed by atoms with Crippen molar-refractivity contribution in [3.63, 3.8) is 0 Å². The molecular formula is C21H18N6O3. The van der Waals surface area contributed by atoms with Crippen molar-refractivity contribution in [1.29, 1.82) is 0 Å². The minimum Gasteiger partial charge on any atom is -0.497 e. The molecule has 4 aromatic rings. The SMILES string of the molecule is COc1ccc(C(=O)Nc2ccccc2-c2nnn(-c3cnccc3OC)n2)cc1. The van der Waals surface area contributed by atoms with Gasteiger partial charge >= 0.3 is 0 Å². The van der Waals surface area contributed by atoms with Crippen molar-refractivity contribution in [2.45, 2.75) is 0 Å². The number of nitrogens with zero attached hydrogens (tertiary/aromatic N) is 5. The first-order valence-electron chi connectivity index (χ1n) is 9.03. The predicted octanol–water partition coefficient (Wildman–Crippen LogP) is 2.99. The van der Waals surface area contributed by atoms with Crippen molar-refractivity contribution >= 4 is 11.6 Å². The Bertz CT molecular complexity index is 1170. The van der Waals surface area contributed by atoms with Gasteiger partial charge in [0.25, 0.3) is 5.91 Å². The van der Waals surface area contributed by atoms with Crippen molar-refractivity contribution in [3.8, 4) is 28.6 Å². The quantitative estimate of drug-likeness (QED) is 0.529. The molecule has 0 saturated carbocycles. The molecule has 9 heteroatoms. The Morgan fingerprint density at radius 1 is 1.00 bits per heavy atom. The van der Waals surface area contributed by atoms with Gasteiger partial charge in [0.1, 0.15) is 17.2 Å². The summed E-state index contributed by atoms with van der Waals surface area (Å²) in [6, 6.07) is 15.8. The lowest BCUT2D eigenvalue weighted by molar-refractivity contribution is 0.102. The Balaban J connectivity index is 1.62. The van der Waals surface area contributed by atoms with Crippen LogP contribution in [0.15, 0.2) is 67.0 Å². The zero-order chi connectivity index (χ0) is 20.9. The summed E-state index contributed by atoms with van der Waals surface area (Å²) in [6.45, 7) is 0. The maximum absolute atomic E-state index is 12.7. The fraction of sp³-hybridized carbons (Fsp3) is 0.0952. The molecular weight excluding hydrogens is 384 g/mol. The number of hydrogen-bond donors (Lipinski definition) is 1. The summed E-state index contributed by atoms with van der Waals surface area (Å²) in [5, 5.41) is 15.6. The van der Waals surface area contributed by atoms with Gasteiger partial charge in [0.2, 0.25) is 5.82 Å². The van der Waals surface area contributed by atoms with Gasteiger partial charge in [-0.05, 0) is 41.6 Å². The number of carbonyl (C=O) groups is 1. The molecule has 0 spiro atoms. The van der Waals surface area contributed by atoms with E-state index in [0.29, 0.717) is 39.8 Å². The minimum absolute atomic E-state index is 0.258. The largest absolute Gasteiger partial charge is 0.497 e. The number of para-hydroxylation sites is 1. The number of benzene rings is 2. The Kier molecular flexibility index (Phi) is 5.33. The number of anilines is 1. The van der Waals surface area contributed by atoms with Crippen LogP contribution in [0.4, 0.5) is 5.69 Å². The van der Waals surface area contributed by atoms with Crippen molar-refractivity contribution in [1.82, 2.24) is 25.2 Å². The van der Waals surface area contributed by atoms with E-state index in [1.807, 2.05) is 18.2 Å². The molecule has 2 heterocycles. The molecule has 2 aromatic carbocycles.